The van der Waals surface area contributed by atoms with E-state index in [1.807, 2.05) is 13.0 Å². The van der Waals surface area contributed by atoms with E-state index in [1.54, 1.807) is 0 Å². The summed E-state index contributed by atoms with van der Waals surface area (Å²) >= 11 is 0. The lowest BCUT2D eigenvalue weighted by molar-refractivity contribution is 1.23. The number of hydrogen-bond donors (Lipinski definition) is 0. The second kappa shape index (κ2) is 6.83. The quantitative estimate of drug-likeness (QED) is 0.488. The molecule has 0 aromatic heterocycles. The third-order valence-electron chi connectivity index (χ3n) is 2.17. The minimum atomic E-state index is 0.946. The van der Waals surface area contributed by atoms with Crippen molar-refractivity contribution in [1.82, 2.24) is 0 Å². The van der Waals surface area contributed by atoms with Crippen LogP contribution in [0, 0.1) is 0 Å². The highest BCUT2D eigenvalue weighted by molar-refractivity contribution is 5.22. The van der Waals surface area contributed by atoms with E-state index in [0.29, 0.717) is 0 Å². The predicted octanol–water partition coefficient (Wildman–Crippen LogP) is 4.31. The summed E-state index contributed by atoms with van der Waals surface area (Å²) in [5, 5.41) is 0. The van der Waals surface area contributed by atoms with Gasteiger partial charge in [0.05, 0.1) is 0 Å². The molecule has 0 bridgehead atoms. The SMILES string of the molecule is C=C(/C=C\Cc1ccccc1)CC=CC. The standard InChI is InChI=1S/C15H18/c1-3-4-9-14(2)10-8-13-15-11-6-5-7-12-15/h3-8,10-12H,2,9,13H2,1H3/b4-3?,10-8-. The first kappa shape index (κ1) is 11.5. The fourth-order valence-electron chi connectivity index (χ4n) is 1.31. The van der Waals surface area contributed by atoms with E-state index in [-0.39, 0.29) is 0 Å². The molecule has 0 fully saturated rings. The van der Waals surface area contributed by atoms with Gasteiger partial charge in [0.1, 0.15) is 0 Å². The molecule has 1 aromatic rings. The average Bonchev–Trinajstić information content (AvgIpc) is 2.28. The first-order chi connectivity index (χ1) is 7.33. The van der Waals surface area contributed by atoms with Crippen LogP contribution < -0.4 is 0 Å². The molecule has 0 unspecified atom stereocenters. The minimum Gasteiger partial charge on any atom is -0.0955 e. The second-order valence-electron chi connectivity index (χ2n) is 3.52. The van der Waals surface area contributed by atoms with Crippen LogP contribution >= 0.6 is 0 Å². The van der Waals surface area contributed by atoms with Crippen molar-refractivity contribution < 1.29 is 0 Å². The smallest absolute Gasteiger partial charge is 0.00942 e. The lowest BCUT2D eigenvalue weighted by Gasteiger charge is -1.95. The summed E-state index contributed by atoms with van der Waals surface area (Å²) in [5.74, 6) is 0. The molecular formula is C15H18. The van der Waals surface area contributed by atoms with E-state index in [2.05, 4.69) is 55.1 Å². The van der Waals surface area contributed by atoms with Crippen molar-refractivity contribution in [2.45, 2.75) is 19.8 Å². The van der Waals surface area contributed by atoms with Crippen molar-refractivity contribution >= 4 is 0 Å². The van der Waals surface area contributed by atoms with Gasteiger partial charge in [0.25, 0.3) is 0 Å². The van der Waals surface area contributed by atoms with E-state index in [9.17, 15) is 0 Å². The fourth-order valence-corrected chi connectivity index (χ4v) is 1.31. The molecule has 0 N–H and O–H groups in total. The normalized spacial score (nSPS) is 11.3. The van der Waals surface area contributed by atoms with Gasteiger partial charge in [-0.3, -0.25) is 0 Å². The third-order valence-corrected chi connectivity index (χ3v) is 2.17. The van der Waals surface area contributed by atoms with Crippen molar-refractivity contribution in [2.24, 2.45) is 0 Å². The van der Waals surface area contributed by atoms with Crippen LogP contribution in [0.15, 0.2) is 66.8 Å². The average molecular weight is 198 g/mol. The Labute approximate surface area is 92.6 Å². The summed E-state index contributed by atoms with van der Waals surface area (Å²) < 4.78 is 0. The molecule has 0 amide bonds. The van der Waals surface area contributed by atoms with Gasteiger partial charge in [-0.05, 0) is 25.3 Å². The molecule has 0 aliphatic rings. The van der Waals surface area contributed by atoms with Crippen LogP contribution in [0.4, 0.5) is 0 Å². The zero-order chi connectivity index (χ0) is 10.9. The number of benzene rings is 1. The summed E-state index contributed by atoms with van der Waals surface area (Å²) in [6.07, 6.45) is 10.4. The Bertz CT molecular complexity index is 342. The molecule has 1 rings (SSSR count). The molecule has 0 atom stereocenters. The summed E-state index contributed by atoms with van der Waals surface area (Å²) in [7, 11) is 0. The lowest BCUT2D eigenvalue weighted by atomic mass is 10.1. The summed E-state index contributed by atoms with van der Waals surface area (Å²) in [6.45, 7) is 6.01. The van der Waals surface area contributed by atoms with Crippen LogP contribution in [-0.2, 0) is 6.42 Å². The van der Waals surface area contributed by atoms with Gasteiger partial charge in [-0.1, -0.05) is 66.8 Å². The summed E-state index contributed by atoms with van der Waals surface area (Å²) in [5.41, 5.74) is 2.50. The zero-order valence-electron chi connectivity index (χ0n) is 9.32. The molecule has 0 radical (unpaired) electrons. The number of rotatable bonds is 5. The van der Waals surface area contributed by atoms with E-state index in [1.165, 1.54) is 5.56 Å². The van der Waals surface area contributed by atoms with Gasteiger partial charge in [-0.25, -0.2) is 0 Å². The molecular weight excluding hydrogens is 180 g/mol. The Morgan fingerprint density at radius 2 is 1.93 bits per heavy atom. The van der Waals surface area contributed by atoms with E-state index in [4.69, 9.17) is 0 Å². The largest absolute Gasteiger partial charge is 0.0955 e. The van der Waals surface area contributed by atoms with Crippen molar-refractivity contribution in [3.8, 4) is 0 Å². The molecule has 1 aromatic carbocycles. The van der Waals surface area contributed by atoms with Crippen molar-refractivity contribution in [2.75, 3.05) is 0 Å². The third kappa shape index (κ3) is 5.02. The highest BCUT2D eigenvalue weighted by atomic mass is 13.9. The molecule has 0 heteroatoms. The van der Waals surface area contributed by atoms with E-state index >= 15 is 0 Å². The topological polar surface area (TPSA) is 0 Å². The van der Waals surface area contributed by atoms with Crippen molar-refractivity contribution in [3.05, 3.63) is 72.4 Å². The Morgan fingerprint density at radius 3 is 2.60 bits per heavy atom. The maximum Gasteiger partial charge on any atom is -0.00942 e. The van der Waals surface area contributed by atoms with E-state index < -0.39 is 0 Å². The Hall–Kier alpha value is -1.56. The van der Waals surface area contributed by atoms with Crippen LogP contribution in [0.25, 0.3) is 0 Å². The molecule has 0 spiro atoms. The molecule has 0 aliphatic carbocycles. The van der Waals surface area contributed by atoms with Gasteiger partial charge in [-0.15, -0.1) is 0 Å². The Balaban J connectivity index is 2.37. The van der Waals surface area contributed by atoms with Crippen LogP contribution in [0.3, 0.4) is 0 Å². The van der Waals surface area contributed by atoms with Crippen LogP contribution in [-0.4, -0.2) is 0 Å². The molecule has 0 saturated heterocycles. The van der Waals surface area contributed by atoms with Crippen LogP contribution in [0.2, 0.25) is 0 Å². The van der Waals surface area contributed by atoms with Crippen LogP contribution in [0.5, 0.6) is 0 Å². The second-order valence-corrected chi connectivity index (χ2v) is 3.52. The zero-order valence-corrected chi connectivity index (χ0v) is 9.32. The van der Waals surface area contributed by atoms with E-state index in [0.717, 1.165) is 18.4 Å². The molecule has 0 saturated carbocycles. The molecule has 0 nitrogen and oxygen atoms in total. The summed E-state index contributed by atoms with van der Waals surface area (Å²) in [4.78, 5) is 0. The van der Waals surface area contributed by atoms with Gasteiger partial charge >= 0.3 is 0 Å². The van der Waals surface area contributed by atoms with Crippen molar-refractivity contribution in [1.29, 1.82) is 0 Å². The number of allylic oxidation sites excluding steroid dienone is 5. The molecule has 15 heavy (non-hydrogen) atoms. The van der Waals surface area contributed by atoms with Gasteiger partial charge < -0.3 is 0 Å². The van der Waals surface area contributed by atoms with Gasteiger partial charge in [0.2, 0.25) is 0 Å². The fraction of sp³-hybridized carbons (Fsp3) is 0.200. The Morgan fingerprint density at radius 1 is 1.20 bits per heavy atom. The molecule has 0 heterocycles. The van der Waals surface area contributed by atoms with Gasteiger partial charge in [0.15, 0.2) is 0 Å². The highest BCUT2D eigenvalue weighted by Gasteiger charge is 1.87. The van der Waals surface area contributed by atoms with Gasteiger partial charge in [-0.2, -0.15) is 0 Å². The first-order valence-electron chi connectivity index (χ1n) is 5.32. The monoisotopic (exact) mass is 198 g/mol. The highest BCUT2D eigenvalue weighted by Crippen LogP contribution is 2.04. The molecule has 78 valence electrons. The minimum absolute atomic E-state index is 0.946. The first-order valence-corrected chi connectivity index (χ1v) is 5.32. The van der Waals surface area contributed by atoms with Crippen molar-refractivity contribution in [3.63, 3.8) is 0 Å². The van der Waals surface area contributed by atoms with Crippen LogP contribution in [0.1, 0.15) is 18.9 Å². The Kier molecular flexibility index (Phi) is 5.24. The predicted molar refractivity (Wildman–Crippen MR) is 67.9 cm³/mol. The van der Waals surface area contributed by atoms with Gasteiger partial charge in [0, 0.05) is 0 Å². The lowest BCUT2D eigenvalue weighted by Crippen LogP contribution is -1.79. The number of hydrogen-bond acceptors (Lipinski definition) is 0. The molecule has 0 aliphatic heterocycles. The maximum atomic E-state index is 3.99. The maximum absolute atomic E-state index is 3.99. The summed E-state index contributed by atoms with van der Waals surface area (Å²) in [6, 6.07) is 10.5.